The molecule has 0 saturated carbocycles. The topological polar surface area (TPSA) is 64.4 Å². The lowest BCUT2D eigenvalue weighted by Gasteiger charge is -2.41. The Morgan fingerprint density at radius 1 is 1.30 bits per heavy atom. The van der Waals surface area contributed by atoms with E-state index >= 15 is 0 Å². The van der Waals surface area contributed by atoms with E-state index in [1.54, 1.807) is 0 Å². The molecule has 1 atom stereocenters. The molecular weight excluding hydrogens is 362 g/mol. The molecule has 2 aliphatic heterocycles. The summed E-state index contributed by atoms with van der Waals surface area (Å²) in [5.74, 6) is 0.852. The summed E-state index contributed by atoms with van der Waals surface area (Å²) in [7, 11) is 0. The number of hydrogen-bond donors (Lipinski definition) is 0. The zero-order valence-corrected chi connectivity index (χ0v) is 17.3. The van der Waals surface area contributed by atoms with Gasteiger partial charge in [-0.1, -0.05) is 6.42 Å². The van der Waals surface area contributed by atoms with Crippen LogP contribution in [-0.2, 0) is 17.7 Å². The number of amides is 1. The number of carbonyl (C=O) groups is 1. The van der Waals surface area contributed by atoms with Gasteiger partial charge >= 0.3 is 0 Å². The van der Waals surface area contributed by atoms with Crippen molar-refractivity contribution in [2.45, 2.75) is 71.6 Å². The van der Waals surface area contributed by atoms with Crippen LogP contribution in [0.1, 0.15) is 61.1 Å². The standard InChI is InChI=1S/C20H27N3O3S/c1-12-10-22(11-20(3,4)26-12)19(25)16-13(2)15-17(27-16)21-14-8-6-5-7-9-23(14)18(15)24/h12H,5-11H2,1-4H3. The van der Waals surface area contributed by atoms with E-state index in [1.807, 2.05) is 37.2 Å². The first-order valence-electron chi connectivity index (χ1n) is 9.77. The molecule has 27 heavy (non-hydrogen) atoms. The van der Waals surface area contributed by atoms with Gasteiger partial charge in [-0.15, -0.1) is 11.3 Å². The maximum Gasteiger partial charge on any atom is 0.264 e. The van der Waals surface area contributed by atoms with Gasteiger partial charge in [0, 0.05) is 26.1 Å². The number of thiophene rings is 1. The van der Waals surface area contributed by atoms with Crippen molar-refractivity contribution in [1.29, 1.82) is 0 Å². The van der Waals surface area contributed by atoms with Gasteiger partial charge in [0.25, 0.3) is 11.5 Å². The Balaban J connectivity index is 1.77. The van der Waals surface area contributed by atoms with Crippen molar-refractivity contribution >= 4 is 27.5 Å². The zero-order valence-electron chi connectivity index (χ0n) is 16.5. The number of nitrogens with zero attached hydrogens (tertiary/aromatic N) is 3. The lowest BCUT2D eigenvalue weighted by Crippen LogP contribution is -2.53. The molecule has 0 N–H and O–H groups in total. The first-order valence-corrected chi connectivity index (χ1v) is 10.6. The van der Waals surface area contributed by atoms with Crippen LogP contribution in [0.4, 0.5) is 0 Å². The van der Waals surface area contributed by atoms with Gasteiger partial charge in [-0.25, -0.2) is 4.98 Å². The third-order valence-corrected chi connectivity index (χ3v) is 6.64. The van der Waals surface area contributed by atoms with Crippen molar-refractivity contribution in [3.05, 3.63) is 26.6 Å². The zero-order chi connectivity index (χ0) is 19.3. The van der Waals surface area contributed by atoms with Gasteiger partial charge in [0.15, 0.2) is 0 Å². The second-order valence-electron chi connectivity index (χ2n) is 8.41. The minimum Gasteiger partial charge on any atom is -0.369 e. The Kier molecular flexibility index (Phi) is 4.63. The van der Waals surface area contributed by atoms with Gasteiger partial charge in [0.2, 0.25) is 0 Å². The molecule has 6 nitrogen and oxygen atoms in total. The Hall–Kier alpha value is -1.73. The third-order valence-electron chi connectivity index (χ3n) is 5.46. The summed E-state index contributed by atoms with van der Waals surface area (Å²) < 4.78 is 7.74. The molecule has 1 amide bonds. The molecule has 4 rings (SSSR count). The van der Waals surface area contributed by atoms with E-state index in [9.17, 15) is 9.59 Å². The summed E-state index contributed by atoms with van der Waals surface area (Å²) in [6.45, 7) is 9.73. The molecule has 2 aliphatic rings. The highest BCUT2D eigenvalue weighted by Crippen LogP contribution is 2.31. The number of carbonyl (C=O) groups excluding carboxylic acids is 1. The molecule has 1 fully saturated rings. The average molecular weight is 390 g/mol. The summed E-state index contributed by atoms with van der Waals surface area (Å²) in [4.78, 5) is 34.3. The van der Waals surface area contributed by atoms with Crippen LogP contribution in [0, 0.1) is 6.92 Å². The Bertz CT molecular complexity index is 960. The maximum absolute atomic E-state index is 13.3. The Labute approximate surface area is 163 Å². The van der Waals surface area contributed by atoms with Gasteiger partial charge in [0.1, 0.15) is 10.7 Å². The van der Waals surface area contributed by atoms with Crippen molar-refractivity contribution in [3.8, 4) is 0 Å². The quantitative estimate of drug-likeness (QED) is 0.752. The molecule has 2 aromatic heterocycles. The molecule has 0 aliphatic carbocycles. The largest absolute Gasteiger partial charge is 0.369 e. The fourth-order valence-corrected chi connectivity index (χ4v) is 5.52. The number of ether oxygens (including phenoxy) is 1. The average Bonchev–Trinajstić information content (AvgIpc) is 2.76. The van der Waals surface area contributed by atoms with Crippen LogP contribution < -0.4 is 5.56 Å². The number of aryl methyl sites for hydroxylation is 2. The lowest BCUT2D eigenvalue weighted by atomic mass is 10.0. The van der Waals surface area contributed by atoms with Gasteiger partial charge in [0.05, 0.1) is 22.0 Å². The smallest absolute Gasteiger partial charge is 0.264 e. The molecule has 4 heterocycles. The third kappa shape index (κ3) is 3.31. The lowest BCUT2D eigenvalue weighted by molar-refractivity contribution is -0.118. The van der Waals surface area contributed by atoms with E-state index in [0.29, 0.717) is 28.2 Å². The van der Waals surface area contributed by atoms with E-state index < -0.39 is 0 Å². The monoisotopic (exact) mass is 389 g/mol. The molecule has 0 bridgehead atoms. The number of hydrogen-bond acceptors (Lipinski definition) is 5. The van der Waals surface area contributed by atoms with Crippen molar-refractivity contribution in [2.75, 3.05) is 13.1 Å². The van der Waals surface area contributed by atoms with Crippen LogP contribution in [0.15, 0.2) is 4.79 Å². The number of fused-ring (bicyclic) bond motifs is 2. The molecule has 2 aromatic rings. The van der Waals surface area contributed by atoms with E-state index in [1.165, 1.54) is 11.3 Å². The molecule has 1 saturated heterocycles. The van der Waals surface area contributed by atoms with Crippen molar-refractivity contribution in [2.24, 2.45) is 0 Å². The van der Waals surface area contributed by atoms with Crippen LogP contribution in [0.25, 0.3) is 10.2 Å². The number of aromatic nitrogens is 2. The molecule has 7 heteroatoms. The normalized spacial score (nSPS) is 22.5. The van der Waals surface area contributed by atoms with Crippen LogP contribution in [0.2, 0.25) is 0 Å². The first-order chi connectivity index (χ1) is 12.8. The summed E-state index contributed by atoms with van der Waals surface area (Å²) in [6, 6.07) is 0. The SMILES string of the molecule is Cc1c(C(=O)N2CC(C)OC(C)(C)C2)sc2nc3n(c(=O)c12)CCCCC3. The highest BCUT2D eigenvalue weighted by atomic mass is 32.1. The molecule has 0 radical (unpaired) electrons. The van der Waals surface area contributed by atoms with Crippen molar-refractivity contribution < 1.29 is 9.53 Å². The molecule has 1 unspecified atom stereocenters. The highest BCUT2D eigenvalue weighted by molar-refractivity contribution is 7.20. The fourth-order valence-electron chi connectivity index (χ4n) is 4.37. The Morgan fingerprint density at radius 2 is 2.07 bits per heavy atom. The predicted molar refractivity (Wildman–Crippen MR) is 107 cm³/mol. The Morgan fingerprint density at radius 3 is 2.81 bits per heavy atom. The fraction of sp³-hybridized carbons (Fsp3) is 0.650. The van der Waals surface area contributed by atoms with Crippen molar-refractivity contribution in [1.82, 2.24) is 14.5 Å². The van der Waals surface area contributed by atoms with E-state index in [4.69, 9.17) is 9.72 Å². The maximum atomic E-state index is 13.3. The van der Waals surface area contributed by atoms with E-state index in [2.05, 4.69) is 0 Å². The van der Waals surface area contributed by atoms with Gasteiger partial charge in [-0.2, -0.15) is 0 Å². The van der Waals surface area contributed by atoms with Gasteiger partial charge in [-0.3, -0.25) is 14.2 Å². The second kappa shape index (κ2) is 6.71. The summed E-state index contributed by atoms with van der Waals surface area (Å²) in [5, 5.41) is 0.620. The minimum atomic E-state index is -0.368. The van der Waals surface area contributed by atoms with Crippen LogP contribution in [-0.4, -0.2) is 45.2 Å². The molecular formula is C20H27N3O3S. The molecule has 0 spiro atoms. The molecule has 146 valence electrons. The van der Waals surface area contributed by atoms with E-state index in [0.717, 1.165) is 43.6 Å². The second-order valence-corrected chi connectivity index (χ2v) is 9.40. The first kappa shape index (κ1) is 18.6. The summed E-state index contributed by atoms with van der Waals surface area (Å²) >= 11 is 1.36. The summed E-state index contributed by atoms with van der Waals surface area (Å²) in [6.07, 6.45) is 4.03. The van der Waals surface area contributed by atoms with Crippen molar-refractivity contribution in [3.63, 3.8) is 0 Å². The minimum absolute atomic E-state index is 0.00722. The van der Waals surface area contributed by atoms with Gasteiger partial charge in [-0.05, 0) is 46.1 Å². The summed E-state index contributed by atoms with van der Waals surface area (Å²) in [5.41, 5.74) is 0.418. The van der Waals surface area contributed by atoms with Gasteiger partial charge < -0.3 is 9.64 Å². The number of rotatable bonds is 1. The van der Waals surface area contributed by atoms with Crippen LogP contribution in [0.3, 0.4) is 0 Å². The van der Waals surface area contributed by atoms with E-state index in [-0.39, 0.29) is 23.2 Å². The van der Waals surface area contributed by atoms with Crippen LogP contribution >= 0.6 is 11.3 Å². The predicted octanol–water partition coefficient (Wildman–Crippen LogP) is 3.13. The highest BCUT2D eigenvalue weighted by Gasteiger charge is 2.35. The number of morpholine rings is 1. The van der Waals surface area contributed by atoms with Crippen LogP contribution in [0.5, 0.6) is 0 Å². The molecule has 0 aromatic carbocycles.